The summed E-state index contributed by atoms with van der Waals surface area (Å²) in [4.78, 5) is 22.4. The van der Waals surface area contributed by atoms with Gasteiger partial charge < -0.3 is 10.0 Å². The zero-order chi connectivity index (χ0) is 15.5. The lowest BCUT2D eigenvalue weighted by Crippen LogP contribution is -2.25. The van der Waals surface area contributed by atoms with Crippen molar-refractivity contribution in [3.63, 3.8) is 0 Å². The number of carboxylic acids is 1. The van der Waals surface area contributed by atoms with Crippen molar-refractivity contribution in [3.8, 4) is 0 Å². The Morgan fingerprint density at radius 1 is 1.45 bits per heavy atom. The van der Waals surface area contributed by atoms with Crippen LogP contribution in [0.2, 0.25) is 0 Å². The summed E-state index contributed by atoms with van der Waals surface area (Å²) in [6, 6.07) is 3.65. The second-order valence-corrected chi connectivity index (χ2v) is 6.57. The molecular formula is C11H14N2O6S. The molecule has 0 spiro atoms. The number of aromatic carboxylic acids is 1. The molecule has 20 heavy (non-hydrogen) atoms. The minimum Gasteiger partial charge on any atom is -0.477 e. The van der Waals surface area contributed by atoms with E-state index in [0.29, 0.717) is 5.69 Å². The fourth-order valence-corrected chi connectivity index (χ4v) is 2.13. The Kier molecular flexibility index (Phi) is 4.66. The van der Waals surface area contributed by atoms with Gasteiger partial charge in [0, 0.05) is 31.6 Å². The molecule has 1 aromatic rings. The third-order valence-corrected chi connectivity index (χ3v) is 3.57. The third kappa shape index (κ3) is 4.19. The molecule has 0 bridgehead atoms. The van der Waals surface area contributed by atoms with Gasteiger partial charge in [0.15, 0.2) is 0 Å². The number of carboxylic acid groups (broad SMARTS) is 1. The van der Waals surface area contributed by atoms with E-state index in [9.17, 15) is 23.3 Å². The van der Waals surface area contributed by atoms with Crippen molar-refractivity contribution in [2.24, 2.45) is 0 Å². The van der Waals surface area contributed by atoms with Gasteiger partial charge in [0.05, 0.1) is 10.7 Å². The van der Waals surface area contributed by atoms with Crippen molar-refractivity contribution in [2.45, 2.75) is 0 Å². The second kappa shape index (κ2) is 5.87. The molecule has 0 fully saturated rings. The fraction of sp³-hybridized carbons (Fsp3) is 0.364. The number of nitro benzene ring substituents is 1. The largest absolute Gasteiger partial charge is 0.477 e. The predicted octanol–water partition coefficient (Wildman–Crippen LogP) is 0.774. The normalized spacial score (nSPS) is 11.1. The monoisotopic (exact) mass is 302 g/mol. The Hall–Kier alpha value is -2.16. The van der Waals surface area contributed by atoms with Crippen LogP contribution >= 0.6 is 0 Å². The molecule has 8 nitrogen and oxygen atoms in total. The molecule has 1 N–H and O–H groups in total. The van der Waals surface area contributed by atoms with Crippen LogP contribution in [0.25, 0.3) is 0 Å². The maximum absolute atomic E-state index is 11.1. The average molecular weight is 302 g/mol. The number of hydrogen-bond donors (Lipinski definition) is 1. The number of nitrogens with zero attached hydrogens (tertiary/aromatic N) is 2. The summed E-state index contributed by atoms with van der Waals surface area (Å²) in [7, 11) is -1.57. The van der Waals surface area contributed by atoms with E-state index in [0.717, 1.165) is 18.4 Å². The number of nitro groups is 1. The highest BCUT2D eigenvalue weighted by Gasteiger charge is 2.21. The molecule has 1 aromatic carbocycles. The van der Waals surface area contributed by atoms with Gasteiger partial charge in [-0.15, -0.1) is 0 Å². The molecule has 0 radical (unpaired) electrons. The first-order chi connectivity index (χ1) is 9.11. The number of anilines is 1. The molecular weight excluding hydrogens is 288 g/mol. The van der Waals surface area contributed by atoms with E-state index in [2.05, 4.69) is 0 Å². The van der Waals surface area contributed by atoms with Gasteiger partial charge >= 0.3 is 5.97 Å². The van der Waals surface area contributed by atoms with Crippen LogP contribution in [-0.2, 0) is 9.84 Å². The van der Waals surface area contributed by atoms with Gasteiger partial charge in [-0.1, -0.05) is 0 Å². The highest BCUT2D eigenvalue weighted by molar-refractivity contribution is 7.90. The summed E-state index contributed by atoms with van der Waals surface area (Å²) >= 11 is 0. The summed E-state index contributed by atoms with van der Waals surface area (Å²) in [5.74, 6) is -1.49. The molecule has 0 saturated heterocycles. The van der Waals surface area contributed by atoms with Crippen LogP contribution in [0.5, 0.6) is 0 Å². The van der Waals surface area contributed by atoms with Crippen LogP contribution < -0.4 is 4.90 Å². The molecule has 110 valence electrons. The first kappa shape index (κ1) is 15.9. The Morgan fingerprint density at radius 3 is 2.50 bits per heavy atom. The Labute approximate surface area is 115 Å². The summed E-state index contributed by atoms with van der Waals surface area (Å²) in [6.07, 6.45) is 1.09. The first-order valence-corrected chi connectivity index (χ1v) is 7.58. The molecule has 9 heteroatoms. The topological polar surface area (TPSA) is 118 Å². The van der Waals surface area contributed by atoms with Gasteiger partial charge in [-0.3, -0.25) is 10.1 Å². The molecule has 0 aliphatic carbocycles. The first-order valence-electron chi connectivity index (χ1n) is 5.52. The zero-order valence-corrected chi connectivity index (χ0v) is 11.8. The average Bonchev–Trinajstić information content (AvgIpc) is 2.34. The van der Waals surface area contributed by atoms with E-state index in [4.69, 9.17) is 5.11 Å². The van der Waals surface area contributed by atoms with E-state index in [1.165, 1.54) is 11.0 Å². The van der Waals surface area contributed by atoms with Gasteiger partial charge in [-0.05, 0) is 12.1 Å². The van der Waals surface area contributed by atoms with Crippen LogP contribution in [0.3, 0.4) is 0 Å². The summed E-state index contributed by atoms with van der Waals surface area (Å²) < 4.78 is 22.1. The molecule has 0 heterocycles. The summed E-state index contributed by atoms with van der Waals surface area (Å²) in [5, 5.41) is 19.7. The van der Waals surface area contributed by atoms with Crippen molar-refractivity contribution in [3.05, 3.63) is 33.9 Å². The molecule has 0 aromatic heterocycles. The third-order valence-electron chi connectivity index (χ3n) is 2.65. The molecule has 1 rings (SSSR count). The minimum absolute atomic E-state index is 0.0992. The van der Waals surface area contributed by atoms with E-state index < -0.39 is 32.0 Å². The smallest absolute Gasteiger partial charge is 0.342 e. The van der Waals surface area contributed by atoms with Crippen LogP contribution in [0.1, 0.15) is 10.4 Å². The van der Waals surface area contributed by atoms with Gasteiger partial charge in [-0.25, -0.2) is 13.2 Å². The van der Waals surface area contributed by atoms with E-state index >= 15 is 0 Å². The van der Waals surface area contributed by atoms with Crippen LogP contribution in [0.15, 0.2) is 18.2 Å². The number of rotatable bonds is 6. The summed E-state index contributed by atoms with van der Waals surface area (Å²) in [6.45, 7) is 0.155. The Balaban J connectivity index is 3.06. The lowest BCUT2D eigenvalue weighted by atomic mass is 10.1. The maximum Gasteiger partial charge on any atom is 0.342 e. The fourth-order valence-electron chi connectivity index (χ4n) is 1.52. The van der Waals surface area contributed by atoms with Crippen LogP contribution in [0, 0.1) is 10.1 Å². The Morgan fingerprint density at radius 2 is 2.05 bits per heavy atom. The Bertz CT molecular complexity index is 640. The van der Waals surface area contributed by atoms with E-state index in [1.807, 2.05) is 0 Å². The van der Waals surface area contributed by atoms with E-state index in [-0.39, 0.29) is 12.3 Å². The predicted molar refractivity (Wildman–Crippen MR) is 73.0 cm³/mol. The highest BCUT2D eigenvalue weighted by Crippen LogP contribution is 2.25. The number of hydrogen-bond acceptors (Lipinski definition) is 6. The van der Waals surface area contributed by atoms with Crippen LogP contribution in [0.4, 0.5) is 11.4 Å². The number of sulfone groups is 1. The van der Waals surface area contributed by atoms with Crippen molar-refractivity contribution >= 4 is 27.2 Å². The molecule has 0 unspecified atom stereocenters. The molecule has 0 amide bonds. The lowest BCUT2D eigenvalue weighted by Gasteiger charge is -2.18. The van der Waals surface area contributed by atoms with Crippen LogP contribution in [-0.4, -0.2) is 50.0 Å². The number of carbonyl (C=O) groups is 1. The quantitative estimate of drug-likeness (QED) is 0.609. The number of benzene rings is 1. The van der Waals surface area contributed by atoms with Gasteiger partial charge in [-0.2, -0.15) is 0 Å². The van der Waals surface area contributed by atoms with Gasteiger partial charge in [0.2, 0.25) is 0 Å². The van der Waals surface area contributed by atoms with Crippen molar-refractivity contribution in [1.82, 2.24) is 0 Å². The molecule has 0 aliphatic rings. The van der Waals surface area contributed by atoms with Gasteiger partial charge in [0.1, 0.15) is 15.4 Å². The van der Waals surface area contributed by atoms with Gasteiger partial charge in [0.25, 0.3) is 5.69 Å². The SMILES string of the molecule is CN(CCS(C)(=O)=O)c1ccc(C(=O)O)c([N+](=O)[O-])c1. The maximum atomic E-state index is 11.1. The summed E-state index contributed by atoms with van der Waals surface area (Å²) in [5.41, 5.74) is -0.554. The van der Waals surface area contributed by atoms with Crippen molar-refractivity contribution < 1.29 is 23.2 Å². The molecule has 0 saturated carbocycles. The molecule has 0 atom stereocenters. The van der Waals surface area contributed by atoms with Crippen molar-refractivity contribution in [2.75, 3.05) is 30.5 Å². The minimum atomic E-state index is -3.14. The zero-order valence-electron chi connectivity index (χ0n) is 10.9. The second-order valence-electron chi connectivity index (χ2n) is 4.32. The van der Waals surface area contributed by atoms with Crippen molar-refractivity contribution in [1.29, 1.82) is 0 Å². The lowest BCUT2D eigenvalue weighted by molar-refractivity contribution is -0.385. The standard InChI is InChI=1S/C11H14N2O6S/c1-12(5-6-20(2,18)19)8-3-4-9(11(14)15)10(7-8)13(16)17/h3-4,7H,5-6H2,1-2H3,(H,14,15). The highest BCUT2D eigenvalue weighted by atomic mass is 32.2. The molecule has 0 aliphatic heterocycles. The van der Waals surface area contributed by atoms with E-state index in [1.54, 1.807) is 7.05 Å².